The van der Waals surface area contributed by atoms with Gasteiger partial charge in [0.05, 0.1) is 0 Å². The van der Waals surface area contributed by atoms with Crippen molar-refractivity contribution in [1.82, 2.24) is 5.32 Å². The van der Waals surface area contributed by atoms with Crippen LogP contribution < -0.4 is 10.6 Å². The van der Waals surface area contributed by atoms with Crippen LogP contribution in [0.5, 0.6) is 0 Å². The number of para-hydroxylation sites is 1. The minimum atomic E-state index is -1.22. The molecule has 26 heavy (non-hydrogen) atoms. The minimum Gasteiger partial charge on any atom is -0.355 e. The van der Waals surface area contributed by atoms with Gasteiger partial charge in [0, 0.05) is 6.54 Å². The van der Waals surface area contributed by atoms with Crippen LogP contribution in [0.1, 0.15) is 24.8 Å². The van der Waals surface area contributed by atoms with Crippen LogP contribution in [0.3, 0.4) is 0 Å². The van der Waals surface area contributed by atoms with Crippen LogP contribution in [0, 0.1) is 17.0 Å². The Kier molecular flexibility index (Phi) is 5.30. The number of halogens is 2. The van der Waals surface area contributed by atoms with Crippen molar-refractivity contribution in [3.05, 3.63) is 65.7 Å². The highest BCUT2D eigenvalue weighted by Crippen LogP contribution is 2.47. The van der Waals surface area contributed by atoms with Crippen molar-refractivity contribution in [2.24, 2.45) is 5.41 Å². The second-order valence-corrected chi connectivity index (χ2v) is 6.48. The van der Waals surface area contributed by atoms with E-state index in [1.807, 2.05) is 30.3 Å². The molecule has 0 atom stereocenters. The van der Waals surface area contributed by atoms with E-state index < -0.39 is 28.6 Å². The molecule has 2 N–H and O–H groups in total. The Morgan fingerprint density at radius 3 is 2.19 bits per heavy atom. The average Bonchev–Trinajstić information content (AvgIpc) is 3.45. The Hall–Kier alpha value is -2.76. The van der Waals surface area contributed by atoms with Crippen molar-refractivity contribution < 1.29 is 18.4 Å². The lowest BCUT2D eigenvalue weighted by Crippen LogP contribution is -2.40. The van der Waals surface area contributed by atoms with E-state index >= 15 is 0 Å². The summed E-state index contributed by atoms with van der Waals surface area (Å²) in [6.07, 6.45) is 2.31. The summed E-state index contributed by atoms with van der Waals surface area (Å²) in [7, 11) is 0. The number of nitrogens with one attached hydrogen (secondary N) is 2. The maximum absolute atomic E-state index is 13.7. The molecule has 0 bridgehead atoms. The Labute approximate surface area is 150 Å². The van der Waals surface area contributed by atoms with Crippen molar-refractivity contribution in [3.63, 3.8) is 0 Å². The van der Waals surface area contributed by atoms with E-state index in [4.69, 9.17) is 0 Å². The molecular weight excluding hydrogens is 338 g/mol. The topological polar surface area (TPSA) is 58.2 Å². The summed E-state index contributed by atoms with van der Waals surface area (Å²) in [4.78, 5) is 24.8. The third-order valence-corrected chi connectivity index (χ3v) is 4.59. The summed E-state index contributed by atoms with van der Waals surface area (Å²) in [5.41, 5.74) is -0.558. The van der Waals surface area contributed by atoms with E-state index in [9.17, 15) is 18.4 Å². The molecule has 1 aliphatic rings. The van der Waals surface area contributed by atoms with Gasteiger partial charge in [-0.25, -0.2) is 8.78 Å². The summed E-state index contributed by atoms with van der Waals surface area (Å²) in [5.74, 6) is -2.78. The van der Waals surface area contributed by atoms with Crippen LogP contribution in [0.4, 0.5) is 14.5 Å². The van der Waals surface area contributed by atoms with Gasteiger partial charge in [-0.05, 0) is 43.4 Å². The smallest absolute Gasteiger partial charge is 0.240 e. The van der Waals surface area contributed by atoms with Gasteiger partial charge in [-0.15, -0.1) is 0 Å². The number of benzene rings is 2. The first kappa shape index (κ1) is 18.0. The van der Waals surface area contributed by atoms with Crippen LogP contribution in [-0.4, -0.2) is 18.4 Å². The standard InChI is InChI=1S/C20H20F2N2O2/c21-15-9-4-10-16(22)17(15)24-19(26)20(11-12-20)18(25)23-13-5-8-14-6-2-1-3-7-14/h1-4,6-7,9-10H,5,8,11-13H2,(H,23,25)(H,24,26). The van der Waals surface area contributed by atoms with Gasteiger partial charge in [-0.2, -0.15) is 0 Å². The second kappa shape index (κ2) is 7.64. The predicted molar refractivity (Wildman–Crippen MR) is 94.4 cm³/mol. The van der Waals surface area contributed by atoms with Gasteiger partial charge in [0.1, 0.15) is 22.7 Å². The van der Waals surface area contributed by atoms with Gasteiger partial charge in [0.2, 0.25) is 11.8 Å². The van der Waals surface area contributed by atoms with Gasteiger partial charge in [0.15, 0.2) is 0 Å². The second-order valence-electron chi connectivity index (χ2n) is 6.48. The van der Waals surface area contributed by atoms with Crippen LogP contribution in [0.2, 0.25) is 0 Å². The maximum Gasteiger partial charge on any atom is 0.240 e. The fourth-order valence-electron chi connectivity index (χ4n) is 2.84. The zero-order chi connectivity index (χ0) is 18.6. The molecule has 1 fully saturated rings. The fraction of sp³-hybridized carbons (Fsp3) is 0.300. The van der Waals surface area contributed by atoms with Crippen molar-refractivity contribution in [2.45, 2.75) is 25.7 Å². The number of aryl methyl sites for hydroxylation is 1. The normalized spacial score (nSPS) is 14.5. The number of rotatable bonds is 7. The molecule has 0 heterocycles. The minimum absolute atomic E-state index is 0.374. The largest absolute Gasteiger partial charge is 0.355 e. The highest BCUT2D eigenvalue weighted by atomic mass is 19.1. The number of hydrogen-bond donors (Lipinski definition) is 2. The lowest BCUT2D eigenvalue weighted by atomic mass is 10.0. The Morgan fingerprint density at radius 1 is 0.923 bits per heavy atom. The summed E-state index contributed by atoms with van der Waals surface area (Å²) < 4.78 is 27.3. The van der Waals surface area contributed by atoms with Crippen molar-refractivity contribution in [1.29, 1.82) is 0 Å². The van der Waals surface area contributed by atoms with Crippen LogP contribution >= 0.6 is 0 Å². The van der Waals surface area contributed by atoms with E-state index in [0.29, 0.717) is 19.4 Å². The molecule has 3 rings (SSSR count). The predicted octanol–water partition coefficient (Wildman–Crippen LogP) is 3.43. The molecule has 0 aliphatic heterocycles. The number of anilines is 1. The van der Waals surface area contributed by atoms with E-state index in [1.165, 1.54) is 11.6 Å². The number of carbonyl (C=O) groups is 2. The van der Waals surface area contributed by atoms with Crippen LogP contribution in [0.25, 0.3) is 0 Å². The summed E-state index contributed by atoms with van der Waals surface area (Å²) in [5, 5.41) is 4.99. The molecule has 1 aliphatic carbocycles. The van der Waals surface area contributed by atoms with E-state index in [2.05, 4.69) is 10.6 Å². The quantitative estimate of drug-likeness (QED) is 0.588. The zero-order valence-electron chi connectivity index (χ0n) is 14.2. The molecule has 2 aromatic carbocycles. The Bertz CT molecular complexity index is 784. The SMILES string of the molecule is O=C(NCCCc1ccccc1)C1(C(=O)Nc2c(F)cccc2F)CC1. The monoisotopic (exact) mass is 358 g/mol. The van der Waals surface area contributed by atoms with E-state index in [1.54, 1.807) is 0 Å². The maximum atomic E-state index is 13.7. The first-order valence-corrected chi connectivity index (χ1v) is 8.61. The molecule has 2 amide bonds. The summed E-state index contributed by atoms with van der Waals surface area (Å²) in [6, 6.07) is 13.2. The fourth-order valence-corrected chi connectivity index (χ4v) is 2.84. The van der Waals surface area contributed by atoms with Gasteiger partial charge < -0.3 is 10.6 Å². The molecule has 1 saturated carbocycles. The summed E-state index contributed by atoms with van der Waals surface area (Å²) in [6.45, 7) is 0.441. The molecule has 0 aromatic heterocycles. The van der Waals surface area contributed by atoms with Crippen molar-refractivity contribution in [2.75, 3.05) is 11.9 Å². The molecular formula is C20H20F2N2O2. The molecule has 0 radical (unpaired) electrons. The van der Waals surface area contributed by atoms with Gasteiger partial charge in [-0.3, -0.25) is 9.59 Å². The van der Waals surface area contributed by atoms with Crippen molar-refractivity contribution in [3.8, 4) is 0 Å². The van der Waals surface area contributed by atoms with E-state index in [0.717, 1.165) is 25.0 Å². The molecule has 0 saturated heterocycles. The first-order valence-electron chi connectivity index (χ1n) is 8.61. The van der Waals surface area contributed by atoms with Crippen LogP contribution in [-0.2, 0) is 16.0 Å². The highest BCUT2D eigenvalue weighted by molar-refractivity contribution is 6.13. The Morgan fingerprint density at radius 2 is 1.58 bits per heavy atom. The van der Waals surface area contributed by atoms with Gasteiger partial charge in [0.25, 0.3) is 0 Å². The lowest BCUT2D eigenvalue weighted by molar-refractivity contribution is -0.134. The summed E-state index contributed by atoms with van der Waals surface area (Å²) >= 11 is 0. The average molecular weight is 358 g/mol. The molecule has 4 nitrogen and oxygen atoms in total. The molecule has 0 unspecified atom stereocenters. The first-order chi connectivity index (χ1) is 12.5. The number of carbonyl (C=O) groups excluding carboxylic acids is 2. The molecule has 2 aromatic rings. The number of hydrogen-bond acceptors (Lipinski definition) is 2. The highest BCUT2D eigenvalue weighted by Gasteiger charge is 2.56. The third-order valence-electron chi connectivity index (χ3n) is 4.59. The Balaban J connectivity index is 1.53. The lowest BCUT2D eigenvalue weighted by Gasteiger charge is -2.16. The molecule has 6 heteroatoms. The molecule has 0 spiro atoms. The van der Waals surface area contributed by atoms with Crippen molar-refractivity contribution >= 4 is 17.5 Å². The van der Waals surface area contributed by atoms with Gasteiger partial charge >= 0.3 is 0 Å². The van der Waals surface area contributed by atoms with Crippen LogP contribution in [0.15, 0.2) is 48.5 Å². The molecule has 136 valence electrons. The number of amides is 2. The van der Waals surface area contributed by atoms with E-state index in [-0.39, 0.29) is 5.91 Å². The van der Waals surface area contributed by atoms with Gasteiger partial charge in [-0.1, -0.05) is 36.4 Å². The zero-order valence-corrected chi connectivity index (χ0v) is 14.2. The third kappa shape index (κ3) is 3.90.